The molecule has 0 fully saturated rings. The maximum atomic E-state index is 13.3. The lowest BCUT2D eigenvalue weighted by atomic mass is 9.95. The van der Waals surface area contributed by atoms with Crippen molar-refractivity contribution in [2.24, 2.45) is 0 Å². The number of hydrogen-bond donors (Lipinski definition) is 1. The molecule has 0 saturated heterocycles. The van der Waals surface area contributed by atoms with Gasteiger partial charge in [0.05, 0.1) is 16.2 Å². The Morgan fingerprint density at radius 1 is 0.902 bits per heavy atom. The van der Waals surface area contributed by atoms with Gasteiger partial charge in [-0.25, -0.2) is 13.2 Å². The van der Waals surface area contributed by atoms with Gasteiger partial charge >= 0.3 is 12.1 Å². The van der Waals surface area contributed by atoms with Crippen molar-refractivity contribution in [2.45, 2.75) is 18.0 Å². The number of rotatable bonds is 9. The molecule has 1 N–H and O–H groups in total. The number of benzene rings is 4. The smallest absolute Gasteiger partial charge is 0.416 e. The summed E-state index contributed by atoms with van der Waals surface area (Å²) in [7, 11) is -3.78. The monoisotopic (exact) mass is 644 g/mol. The van der Waals surface area contributed by atoms with Crippen LogP contribution in [0.5, 0.6) is 5.75 Å². The van der Waals surface area contributed by atoms with Crippen LogP contribution >= 0.6 is 15.9 Å². The van der Waals surface area contributed by atoms with Crippen LogP contribution < -0.4 is 4.74 Å². The third kappa shape index (κ3) is 7.65. The average molecular weight is 645 g/mol. The van der Waals surface area contributed by atoms with Gasteiger partial charge in [-0.05, 0) is 82.8 Å². The summed E-state index contributed by atoms with van der Waals surface area (Å²) in [5.41, 5.74) is 2.81. The van der Waals surface area contributed by atoms with E-state index in [-0.39, 0.29) is 16.4 Å². The second kappa shape index (κ2) is 12.3. The van der Waals surface area contributed by atoms with Crippen LogP contribution in [-0.4, -0.2) is 31.9 Å². The van der Waals surface area contributed by atoms with Crippen LogP contribution in [0.4, 0.5) is 13.2 Å². The summed E-state index contributed by atoms with van der Waals surface area (Å²) in [6.07, 6.45) is -2.86. The molecule has 0 aliphatic carbocycles. The molecule has 0 aliphatic heterocycles. The van der Waals surface area contributed by atoms with Gasteiger partial charge in [0.15, 0.2) is 16.4 Å². The van der Waals surface area contributed by atoms with Gasteiger partial charge in [-0.3, -0.25) is 0 Å². The zero-order valence-corrected chi connectivity index (χ0v) is 24.1. The molecular weight excluding hydrogens is 621 g/mol. The minimum absolute atomic E-state index is 0.0592. The molecule has 0 saturated carbocycles. The van der Waals surface area contributed by atoms with E-state index in [2.05, 4.69) is 15.9 Å². The van der Waals surface area contributed by atoms with Crippen LogP contribution in [0.2, 0.25) is 0 Å². The van der Waals surface area contributed by atoms with Crippen LogP contribution in [0.15, 0.2) is 106 Å². The molecule has 4 aromatic rings. The van der Waals surface area contributed by atoms with Crippen molar-refractivity contribution in [3.8, 4) is 16.9 Å². The first-order valence-corrected chi connectivity index (χ1v) is 14.7. The van der Waals surface area contributed by atoms with Crippen LogP contribution in [0.25, 0.3) is 16.7 Å². The zero-order chi connectivity index (χ0) is 29.8. The van der Waals surface area contributed by atoms with Gasteiger partial charge in [0, 0.05) is 4.47 Å². The van der Waals surface area contributed by atoms with Gasteiger partial charge in [0.1, 0.15) is 5.75 Å². The molecular formula is C31H24BrF3O5S. The highest BCUT2D eigenvalue weighted by molar-refractivity contribution is 9.10. The third-order valence-electron chi connectivity index (χ3n) is 6.24. The lowest BCUT2D eigenvalue weighted by Gasteiger charge is -2.13. The Balaban J connectivity index is 1.66. The van der Waals surface area contributed by atoms with Crippen LogP contribution in [-0.2, 0) is 20.8 Å². The second-order valence-corrected chi connectivity index (χ2v) is 12.1. The molecule has 0 radical (unpaired) electrons. The Morgan fingerprint density at radius 3 is 2.12 bits per heavy atom. The Hall–Kier alpha value is -3.89. The normalized spacial score (nSPS) is 12.3. The summed E-state index contributed by atoms with van der Waals surface area (Å²) >= 11 is 3.40. The van der Waals surface area contributed by atoms with Crippen LogP contribution in [0, 0.1) is 6.92 Å². The predicted molar refractivity (Wildman–Crippen MR) is 154 cm³/mol. The average Bonchev–Trinajstić information content (AvgIpc) is 2.93. The van der Waals surface area contributed by atoms with Gasteiger partial charge in [-0.15, -0.1) is 0 Å². The molecule has 4 aromatic carbocycles. The molecule has 0 aliphatic rings. The van der Waals surface area contributed by atoms with E-state index in [0.29, 0.717) is 27.8 Å². The Bertz CT molecular complexity index is 1700. The highest BCUT2D eigenvalue weighted by Crippen LogP contribution is 2.33. The number of alkyl halides is 3. The number of aliphatic carboxylic acids is 1. The van der Waals surface area contributed by atoms with Gasteiger partial charge in [-0.1, -0.05) is 70.5 Å². The lowest BCUT2D eigenvalue weighted by molar-refractivity contribution is -0.139. The molecule has 0 amide bonds. The van der Waals surface area contributed by atoms with E-state index < -0.39 is 34.2 Å². The van der Waals surface area contributed by atoms with Crippen molar-refractivity contribution >= 4 is 37.3 Å². The topological polar surface area (TPSA) is 80.7 Å². The number of halogens is 4. The van der Waals surface area contributed by atoms with E-state index in [1.54, 1.807) is 43.3 Å². The first-order valence-electron chi connectivity index (χ1n) is 12.3. The molecule has 5 nitrogen and oxygen atoms in total. The summed E-state index contributed by atoms with van der Waals surface area (Å²) < 4.78 is 72.1. The number of sulfone groups is 1. The molecule has 0 bridgehead atoms. The summed E-state index contributed by atoms with van der Waals surface area (Å²) in [5.74, 6) is -1.20. The number of carboxylic acids is 1. The standard InChI is InChI=1S/C31H24BrF3O5S/c1-20-17-27(13-14-29(20)40-19-30(36)37)41(38,39)16-15-28(23-9-11-26(32)12-10-23)22-7-5-21(6-8-22)24-3-2-4-25(18-24)31(33,34)35/h2-15,17-18H,16,19H2,1H3,(H,36,37). The third-order valence-corrected chi connectivity index (χ3v) is 8.34. The molecule has 212 valence electrons. The van der Waals surface area contributed by atoms with E-state index in [1.807, 2.05) is 24.3 Å². The van der Waals surface area contributed by atoms with Crippen molar-refractivity contribution in [1.29, 1.82) is 0 Å². The number of carboxylic acid groups (broad SMARTS) is 1. The Kier molecular flexibility index (Phi) is 9.04. The van der Waals surface area contributed by atoms with Crippen molar-refractivity contribution in [2.75, 3.05) is 12.4 Å². The molecule has 10 heteroatoms. The van der Waals surface area contributed by atoms with Crippen molar-refractivity contribution < 1.29 is 36.2 Å². The fourth-order valence-corrected chi connectivity index (χ4v) is 5.63. The lowest BCUT2D eigenvalue weighted by Crippen LogP contribution is -2.11. The zero-order valence-electron chi connectivity index (χ0n) is 21.7. The first-order chi connectivity index (χ1) is 19.3. The molecule has 0 aromatic heterocycles. The van der Waals surface area contributed by atoms with E-state index in [0.717, 1.165) is 22.2 Å². The van der Waals surface area contributed by atoms with E-state index in [1.165, 1.54) is 24.3 Å². The minimum atomic E-state index is -4.46. The molecule has 0 unspecified atom stereocenters. The van der Waals surface area contributed by atoms with Gasteiger partial charge in [0.2, 0.25) is 0 Å². The summed E-state index contributed by atoms with van der Waals surface area (Å²) in [6.45, 7) is 1.09. The summed E-state index contributed by atoms with van der Waals surface area (Å²) in [4.78, 5) is 10.8. The fourth-order valence-electron chi connectivity index (χ4n) is 4.16. The minimum Gasteiger partial charge on any atom is -0.482 e. The highest BCUT2D eigenvalue weighted by Gasteiger charge is 2.30. The molecule has 4 rings (SSSR count). The first kappa shape index (κ1) is 30.1. The second-order valence-electron chi connectivity index (χ2n) is 9.17. The van der Waals surface area contributed by atoms with Crippen molar-refractivity contribution in [3.05, 3.63) is 124 Å². The number of aryl methyl sites for hydroxylation is 1. The molecule has 41 heavy (non-hydrogen) atoms. The number of ether oxygens (including phenoxy) is 1. The van der Waals surface area contributed by atoms with Gasteiger partial charge in [-0.2, -0.15) is 13.2 Å². The fraction of sp³-hybridized carbons (Fsp3) is 0.129. The Morgan fingerprint density at radius 2 is 1.54 bits per heavy atom. The van der Waals surface area contributed by atoms with Crippen molar-refractivity contribution in [3.63, 3.8) is 0 Å². The SMILES string of the molecule is Cc1cc(S(=O)(=O)CC=C(c2ccc(Br)cc2)c2ccc(-c3cccc(C(F)(F)F)c3)cc2)ccc1OCC(=O)O. The summed E-state index contributed by atoms with van der Waals surface area (Å²) in [5, 5.41) is 8.82. The highest BCUT2D eigenvalue weighted by atomic mass is 79.9. The van der Waals surface area contributed by atoms with Gasteiger partial charge < -0.3 is 9.84 Å². The quantitative estimate of drug-likeness (QED) is 0.201. The largest absolute Gasteiger partial charge is 0.482 e. The number of carbonyl (C=O) groups is 1. The Labute approximate surface area is 244 Å². The van der Waals surface area contributed by atoms with Gasteiger partial charge in [0.25, 0.3) is 0 Å². The molecule has 0 spiro atoms. The maximum Gasteiger partial charge on any atom is 0.416 e. The van der Waals surface area contributed by atoms with E-state index in [9.17, 15) is 26.4 Å². The number of hydrogen-bond acceptors (Lipinski definition) is 4. The van der Waals surface area contributed by atoms with E-state index in [4.69, 9.17) is 9.84 Å². The van der Waals surface area contributed by atoms with E-state index >= 15 is 0 Å². The molecule has 0 heterocycles. The van der Waals surface area contributed by atoms with Crippen molar-refractivity contribution in [1.82, 2.24) is 0 Å². The maximum absolute atomic E-state index is 13.3. The molecule has 0 atom stereocenters. The van der Waals surface area contributed by atoms with Crippen LogP contribution in [0.3, 0.4) is 0 Å². The van der Waals surface area contributed by atoms with Crippen LogP contribution in [0.1, 0.15) is 22.3 Å². The predicted octanol–water partition coefficient (Wildman–Crippen LogP) is 7.81. The summed E-state index contributed by atoms with van der Waals surface area (Å²) in [6, 6.07) is 23.5.